The number of anilines is 1. The van der Waals surface area contributed by atoms with E-state index in [4.69, 9.17) is 14.6 Å². The van der Waals surface area contributed by atoms with E-state index >= 15 is 0 Å². The molecule has 24 heavy (non-hydrogen) atoms. The standard InChI is InChI=1S/C16H18N2O6/c1-18-3-4-24-11-7-17-12-9(13(11)18)5-8(23-2)6-10(12)14(19)15(20)16(21)22/h5-7,14-15,19-20H,3-4H2,1-2H3,(H,21,22). The number of likely N-dealkylation sites (N-methyl/N-ethyl adjacent to an activating group) is 1. The predicted molar refractivity (Wildman–Crippen MR) is 85.7 cm³/mol. The smallest absolute Gasteiger partial charge is 0.335 e. The van der Waals surface area contributed by atoms with Crippen molar-refractivity contribution in [1.29, 1.82) is 0 Å². The van der Waals surface area contributed by atoms with Crippen molar-refractivity contribution in [3.63, 3.8) is 0 Å². The largest absolute Gasteiger partial charge is 0.497 e. The SMILES string of the molecule is COc1cc(C(O)C(O)C(=O)O)c2ncc3c(c2c1)N(C)CCO3. The number of aliphatic hydroxyl groups excluding tert-OH is 2. The maximum atomic E-state index is 11.0. The summed E-state index contributed by atoms with van der Waals surface area (Å²) in [6, 6.07) is 3.22. The Hall–Kier alpha value is -2.58. The Morgan fingerprint density at radius 1 is 1.42 bits per heavy atom. The van der Waals surface area contributed by atoms with Gasteiger partial charge in [0.05, 0.1) is 31.1 Å². The van der Waals surface area contributed by atoms with Gasteiger partial charge in [0.1, 0.15) is 18.5 Å². The molecule has 0 saturated heterocycles. The molecule has 0 amide bonds. The normalized spacial score (nSPS) is 16.2. The van der Waals surface area contributed by atoms with E-state index in [9.17, 15) is 15.0 Å². The number of methoxy groups -OCH3 is 1. The number of hydrogen-bond donors (Lipinski definition) is 3. The van der Waals surface area contributed by atoms with Gasteiger partial charge in [0.15, 0.2) is 11.9 Å². The van der Waals surface area contributed by atoms with Gasteiger partial charge in [-0.2, -0.15) is 0 Å². The van der Waals surface area contributed by atoms with E-state index in [-0.39, 0.29) is 5.56 Å². The Labute approximate surface area is 137 Å². The first-order valence-electron chi connectivity index (χ1n) is 7.37. The maximum absolute atomic E-state index is 11.0. The Kier molecular flexibility index (Phi) is 4.16. The lowest BCUT2D eigenvalue weighted by Gasteiger charge is -2.29. The number of carboxylic acids is 1. The van der Waals surface area contributed by atoms with Gasteiger partial charge in [-0.3, -0.25) is 4.98 Å². The van der Waals surface area contributed by atoms with Gasteiger partial charge >= 0.3 is 5.97 Å². The third-order valence-corrected chi connectivity index (χ3v) is 4.08. The summed E-state index contributed by atoms with van der Waals surface area (Å²) in [7, 11) is 3.37. The summed E-state index contributed by atoms with van der Waals surface area (Å²) < 4.78 is 10.9. The van der Waals surface area contributed by atoms with E-state index in [0.717, 1.165) is 5.69 Å². The van der Waals surface area contributed by atoms with Crippen molar-refractivity contribution in [3.05, 3.63) is 23.9 Å². The fourth-order valence-corrected chi connectivity index (χ4v) is 2.82. The van der Waals surface area contributed by atoms with Crippen LogP contribution < -0.4 is 14.4 Å². The highest BCUT2D eigenvalue weighted by Crippen LogP contribution is 2.41. The van der Waals surface area contributed by atoms with Gasteiger partial charge in [-0.25, -0.2) is 4.79 Å². The van der Waals surface area contributed by atoms with Gasteiger partial charge in [0, 0.05) is 18.0 Å². The third-order valence-electron chi connectivity index (χ3n) is 4.08. The number of carbonyl (C=O) groups is 1. The second-order valence-corrected chi connectivity index (χ2v) is 5.58. The van der Waals surface area contributed by atoms with Crippen molar-refractivity contribution in [2.45, 2.75) is 12.2 Å². The lowest BCUT2D eigenvalue weighted by atomic mass is 9.99. The molecule has 1 aliphatic heterocycles. The minimum absolute atomic E-state index is 0.182. The number of hydrogen-bond acceptors (Lipinski definition) is 7. The van der Waals surface area contributed by atoms with Crippen LogP contribution in [0.4, 0.5) is 5.69 Å². The molecule has 8 heteroatoms. The van der Waals surface area contributed by atoms with Gasteiger partial charge in [-0.1, -0.05) is 0 Å². The first-order valence-corrected chi connectivity index (χ1v) is 7.37. The molecule has 3 rings (SSSR count). The average molecular weight is 334 g/mol. The molecule has 0 fully saturated rings. The highest BCUT2D eigenvalue weighted by molar-refractivity contribution is 5.98. The van der Waals surface area contributed by atoms with E-state index in [1.807, 2.05) is 11.9 Å². The van der Waals surface area contributed by atoms with Crippen LogP contribution in [0.1, 0.15) is 11.7 Å². The van der Waals surface area contributed by atoms with Crippen LogP contribution in [-0.4, -0.2) is 59.7 Å². The Balaban J connectivity index is 2.26. The molecule has 2 aromatic rings. The fourth-order valence-electron chi connectivity index (χ4n) is 2.82. The Bertz CT molecular complexity index is 794. The summed E-state index contributed by atoms with van der Waals surface area (Å²) in [5, 5.41) is 29.6. The van der Waals surface area contributed by atoms with Crippen molar-refractivity contribution < 1.29 is 29.6 Å². The minimum Gasteiger partial charge on any atom is -0.497 e. The molecule has 1 aromatic carbocycles. The van der Waals surface area contributed by atoms with Crippen LogP contribution in [0.5, 0.6) is 11.5 Å². The molecule has 0 aliphatic carbocycles. The molecule has 0 spiro atoms. The second kappa shape index (κ2) is 6.14. The first kappa shape index (κ1) is 16.3. The van der Waals surface area contributed by atoms with Crippen LogP contribution in [-0.2, 0) is 4.79 Å². The molecule has 0 bridgehead atoms. The van der Waals surface area contributed by atoms with Crippen molar-refractivity contribution in [1.82, 2.24) is 4.98 Å². The number of aromatic nitrogens is 1. The van der Waals surface area contributed by atoms with Crippen molar-refractivity contribution >= 4 is 22.6 Å². The summed E-state index contributed by atoms with van der Waals surface area (Å²) in [4.78, 5) is 17.3. The van der Waals surface area contributed by atoms with Crippen LogP contribution in [0.25, 0.3) is 10.9 Å². The molecule has 0 radical (unpaired) electrons. The third kappa shape index (κ3) is 2.59. The van der Waals surface area contributed by atoms with Crippen LogP contribution >= 0.6 is 0 Å². The molecule has 8 nitrogen and oxygen atoms in total. The molecule has 2 atom stereocenters. The topological polar surface area (TPSA) is 112 Å². The number of pyridine rings is 1. The lowest BCUT2D eigenvalue weighted by molar-refractivity contribution is -0.153. The summed E-state index contributed by atoms with van der Waals surface area (Å²) in [5.41, 5.74) is 1.35. The van der Waals surface area contributed by atoms with Crippen LogP contribution in [0, 0.1) is 0 Å². The summed E-state index contributed by atoms with van der Waals surface area (Å²) >= 11 is 0. The van der Waals surface area contributed by atoms with Gasteiger partial charge < -0.3 is 29.7 Å². The lowest BCUT2D eigenvalue weighted by Crippen LogP contribution is -2.30. The fraction of sp³-hybridized carbons (Fsp3) is 0.375. The molecule has 2 unspecified atom stereocenters. The Morgan fingerprint density at radius 2 is 2.17 bits per heavy atom. The summed E-state index contributed by atoms with van der Waals surface area (Å²) in [6.45, 7) is 1.22. The summed E-state index contributed by atoms with van der Waals surface area (Å²) in [6.07, 6.45) is -2.07. The van der Waals surface area contributed by atoms with Crippen molar-refractivity contribution in [2.75, 3.05) is 32.2 Å². The molecular weight excluding hydrogens is 316 g/mol. The van der Waals surface area contributed by atoms with Gasteiger partial charge in [0.2, 0.25) is 0 Å². The number of fused-ring (bicyclic) bond motifs is 3. The van der Waals surface area contributed by atoms with Crippen LogP contribution in [0.2, 0.25) is 0 Å². The molecular formula is C16H18N2O6. The number of rotatable bonds is 4. The first-order chi connectivity index (χ1) is 11.4. The molecule has 1 aromatic heterocycles. The predicted octanol–water partition coefficient (Wildman–Crippen LogP) is 0.551. The van der Waals surface area contributed by atoms with E-state index in [0.29, 0.717) is 35.6 Å². The number of ether oxygens (including phenoxy) is 2. The van der Waals surface area contributed by atoms with Gasteiger partial charge in [-0.05, 0) is 12.1 Å². The number of aliphatic hydroxyl groups is 2. The second-order valence-electron chi connectivity index (χ2n) is 5.58. The maximum Gasteiger partial charge on any atom is 0.335 e. The van der Waals surface area contributed by atoms with E-state index in [1.54, 1.807) is 6.07 Å². The van der Waals surface area contributed by atoms with Gasteiger partial charge in [0.25, 0.3) is 0 Å². The van der Waals surface area contributed by atoms with E-state index in [1.165, 1.54) is 19.4 Å². The molecule has 3 N–H and O–H groups in total. The number of carboxylic acid groups (broad SMARTS) is 1. The monoisotopic (exact) mass is 334 g/mol. The zero-order valence-corrected chi connectivity index (χ0v) is 13.3. The minimum atomic E-state index is -1.97. The zero-order valence-electron chi connectivity index (χ0n) is 13.3. The highest BCUT2D eigenvalue weighted by Gasteiger charge is 2.29. The average Bonchev–Trinajstić information content (AvgIpc) is 2.59. The highest BCUT2D eigenvalue weighted by atomic mass is 16.5. The van der Waals surface area contributed by atoms with Gasteiger partial charge in [-0.15, -0.1) is 0 Å². The van der Waals surface area contributed by atoms with Crippen LogP contribution in [0.3, 0.4) is 0 Å². The van der Waals surface area contributed by atoms with Crippen molar-refractivity contribution in [3.8, 4) is 11.5 Å². The van der Waals surface area contributed by atoms with E-state index in [2.05, 4.69) is 4.98 Å². The summed E-state index contributed by atoms with van der Waals surface area (Å²) in [5.74, 6) is -0.496. The van der Waals surface area contributed by atoms with Crippen molar-refractivity contribution in [2.24, 2.45) is 0 Å². The molecule has 2 heterocycles. The number of benzene rings is 1. The Morgan fingerprint density at radius 3 is 2.83 bits per heavy atom. The molecule has 128 valence electrons. The zero-order chi connectivity index (χ0) is 17.4. The van der Waals surface area contributed by atoms with Crippen LogP contribution in [0.15, 0.2) is 18.3 Å². The number of aliphatic carboxylic acids is 1. The molecule has 1 aliphatic rings. The molecule has 0 saturated carbocycles. The quantitative estimate of drug-likeness (QED) is 0.743. The number of nitrogens with zero attached hydrogens (tertiary/aromatic N) is 2. The van der Waals surface area contributed by atoms with E-state index < -0.39 is 18.2 Å².